The zero-order chi connectivity index (χ0) is 12.0. The SMILES string of the molecule is Cc1ccc(F)c(NC(=O)CSCCO)c1. The van der Waals surface area contributed by atoms with E-state index < -0.39 is 5.82 Å². The summed E-state index contributed by atoms with van der Waals surface area (Å²) in [6, 6.07) is 4.56. The third kappa shape index (κ3) is 4.20. The van der Waals surface area contributed by atoms with E-state index in [1.54, 1.807) is 12.1 Å². The zero-order valence-electron chi connectivity index (χ0n) is 9.00. The van der Waals surface area contributed by atoms with Crippen molar-refractivity contribution >= 4 is 23.4 Å². The van der Waals surface area contributed by atoms with Gasteiger partial charge in [0, 0.05) is 5.75 Å². The van der Waals surface area contributed by atoms with Crippen molar-refractivity contribution in [2.75, 3.05) is 23.4 Å². The molecule has 0 aliphatic rings. The van der Waals surface area contributed by atoms with E-state index in [1.165, 1.54) is 17.8 Å². The van der Waals surface area contributed by atoms with Crippen LogP contribution in [-0.2, 0) is 4.79 Å². The first kappa shape index (κ1) is 13.0. The second-order valence-corrected chi connectivity index (χ2v) is 4.41. The Morgan fingerprint density at radius 3 is 3.00 bits per heavy atom. The molecule has 0 spiro atoms. The number of anilines is 1. The standard InChI is InChI=1S/C11H14FNO2S/c1-8-2-3-9(12)10(6-8)13-11(15)7-16-5-4-14/h2-3,6,14H,4-5,7H2,1H3,(H,13,15). The second-order valence-electron chi connectivity index (χ2n) is 3.31. The Balaban J connectivity index is 2.52. The number of carbonyl (C=O) groups excluding carboxylic acids is 1. The molecule has 0 unspecified atom stereocenters. The summed E-state index contributed by atoms with van der Waals surface area (Å²) in [5.74, 6) is 0.0200. The predicted molar refractivity (Wildman–Crippen MR) is 64.2 cm³/mol. The Bertz CT molecular complexity index is 371. The van der Waals surface area contributed by atoms with Gasteiger partial charge in [-0.25, -0.2) is 4.39 Å². The Hall–Kier alpha value is -1.07. The predicted octanol–water partition coefficient (Wildman–Crippen LogP) is 1.80. The topological polar surface area (TPSA) is 49.3 Å². The summed E-state index contributed by atoms with van der Waals surface area (Å²) >= 11 is 1.31. The second kappa shape index (κ2) is 6.50. The van der Waals surface area contributed by atoms with Crippen LogP contribution < -0.4 is 5.32 Å². The molecular weight excluding hydrogens is 229 g/mol. The maximum atomic E-state index is 13.3. The fourth-order valence-corrected chi connectivity index (χ4v) is 1.68. The van der Waals surface area contributed by atoms with Crippen LogP contribution in [0.3, 0.4) is 0 Å². The number of amides is 1. The van der Waals surface area contributed by atoms with E-state index in [1.807, 2.05) is 6.92 Å². The van der Waals surface area contributed by atoms with Gasteiger partial charge < -0.3 is 10.4 Å². The molecule has 0 fully saturated rings. The number of benzene rings is 1. The summed E-state index contributed by atoms with van der Waals surface area (Å²) in [6.45, 7) is 1.87. The van der Waals surface area contributed by atoms with Gasteiger partial charge in [-0.1, -0.05) is 6.07 Å². The number of rotatable bonds is 5. The van der Waals surface area contributed by atoms with E-state index in [9.17, 15) is 9.18 Å². The van der Waals surface area contributed by atoms with Gasteiger partial charge in [0.1, 0.15) is 5.82 Å². The van der Waals surface area contributed by atoms with Gasteiger partial charge in [0.15, 0.2) is 0 Å². The van der Waals surface area contributed by atoms with Crippen molar-refractivity contribution in [1.82, 2.24) is 0 Å². The molecule has 0 aromatic heterocycles. The van der Waals surface area contributed by atoms with Gasteiger partial charge in [-0.15, -0.1) is 11.8 Å². The van der Waals surface area contributed by atoms with E-state index in [4.69, 9.17) is 5.11 Å². The molecule has 0 radical (unpaired) electrons. The molecule has 0 atom stereocenters. The minimum absolute atomic E-state index is 0.0384. The van der Waals surface area contributed by atoms with Gasteiger partial charge in [0.25, 0.3) is 0 Å². The lowest BCUT2D eigenvalue weighted by atomic mass is 10.2. The van der Waals surface area contributed by atoms with Crippen LogP contribution in [0, 0.1) is 12.7 Å². The van der Waals surface area contributed by atoms with Crippen LogP contribution in [0.15, 0.2) is 18.2 Å². The van der Waals surface area contributed by atoms with Crippen molar-refractivity contribution in [3.05, 3.63) is 29.6 Å². The molecule has 0 aliphatic carbocycles. The average Bonchev–Trinajstić information content (AvgIpc) is 2.24. The molecule has 0 heterocycles. The minimum atomic E-state index is -0.439. The first-order valence-corrected chi connectivity index (χ1v) is 6.03. The van der Waals surface area contributed by atoms with Crippen LogP contribution in [-0.4, -0.2) is 29.1 Å². The molecule has 88 valence electrons. The van der Waals surface area contributed by atoms with Gasteiger partial charge in [-0.3, -0.25) is 4.79 Å². The number of nitrogens with one attached hydrogen (secondary N) is 1. The molecule has 5 heteroatoms. The molecule has 0 bridgehead atoms. The Morgan fingerprint density at radius 2 is 2.31 bits per heavy atom. The molecule has 1 aromatic carbocycles. The highest BCUT2D eigenvalue weighted by molar-refractivity contribution is 7.99. The number of halogens is 1. The Morgan fingerprint density at radius 1 is 1.56 bits per heavy atom. The van der Waals surface area contributed by atoms with E-state index in [0.717, 1.165) is 5.56 Å². The van der Waals surface area contributed by atoms with Crippen LogP contribution in [0.4, 0.5) is 10.1 Å². The monoisotopic (exact) mass is 243 g/mol. The molecule has 3 nitrogen and oxygen atoms in total. The number of aryl methyl sites for hydroxylation is 1. The van der Waals surface area contributed by atoms with E-state index in [-0.39, 0.29) is 24.0 Å². The highest BCUT2D eigenvalue weighted by atomic mass is 32.2. The molecule has 16 heavy (non-hydrogen) atoms. The average molecular weight is 243 g/mol. The highest BCUT2D eigenvalue weighted by Gasteiger charge is 2.06. The van der Waals surface area contributed by atoms with E-state index in [0.29, 0.717) is 5.75 Å². The van der Waals surface area contributed by atoms with Gasteiger partial charge in [0.2, 0.25) is 5.91 Å². The molecule has 2 N–H and O–H groups in total. The zero-order valence-corrected chi connectivity index (χ0v) is 9.81. The lowest BCUT2D eigenvalue weighted by Gasteiger charge is -2.06. The molecule has 1 amide bonds. The highest BCUT2D eigenvalue weighted by Crippen LogP contribution is 2.15. The lowest BCUT2D eigenvalue weighted by molar-refractivity contribution is -0.113. The van der Waals surface area contributed by atoms with Crippen molar-refractivity contribution in [2.45, 2.75) is 6.92 Å². The number of hydrogen-bond donors (Lipinski definition) is 2. The minimum Gasteiger partial charge on any atom is -0.396 e. The van der Waals surface area contributed by atoms with Crippen LogP contribution >= 0.6 is 11.8 Å². The third-order valence-corrected chi connectivity index (χ3v) is 2.80. The van der Waals surface area contributed by atoms with E-state index in [2.05, 4.69) is 5.32 Å². The van der Waals surface area contributed by atoms with E-state index >= 15 is 0 Å². The molecule has 1 rings (SSSR count). The van der Waals surface area contributed by atoms with Gasteiger partial charge in [0.05, 0.1) is 18.0 Å². The molecule has 0 aliphatic heterocycles. The Labute approximate surface area is 98.1 Å². The summed E-state index contributed by atoms with van der Waals surface area (Å²) < 4.78 is 13.3. The largest absolute Gasteiger partial charge is 0.396 e. The van der Waals surface area contributed by atoms with Crippen LogP contribution in [0.25, 0.3) is 0 Å². The molecule has 1 aromatic rings. The van der Waals surface area contributed by atoms with Crippen LogP contribution in [0.5, 0.6) is 0 Å². The maximum Gasteiger partial charge on any atom is 0.234 e. The maximum absolute atomic E-state index is 13.3. The smallest absolute Gasteiger partial charge is 0.234 e. The molecule has 0 saturated heterocycles. The van der Waals surface area contributed by atoms with Crippen molar-refractivity contribution in [3.63, 3.8) is 0 Å². The van der Waals surface area contributed by atoms with Crippen LogP contribution in [0.1, 0.15) is 5.56 Å². The summed E-state index contributed by atoms with van der Waals surface area (Å²) in [6.07, 6.45) is 0. The molecular formula is C11H14FNO2S. The lowest BCUT2D eigenvalue weighted by Crippen LogP contribution is -2.15. The van der Waals surface area contributed by atoms with Crippen molar-refractivity contribution in [2.24, 2.45) is 0 Å². The van der Waals surface area contributed by atoms with Gasteiger partial charge in [-0.05, 0) is 24.6 Å². The Kier molecular flexibility index (Phi) is 5.28. The summed E-state index contributed by atoms with van der Waals surface area (Å²) in [4.78, 5) is 11.4. The van der Waals surface area contributed by atoms with Crippen molar-refractivity contribution in [3.8, 4) is 0 Å². The van der Waals surface area contributed by atoms with Gasteiger partial charge in [-0.2, -0.15) is 0 Å². The first-order valence-electron chi connectivity index (χ1n) is 4.88. The summed E-state index contributed by atoms with van der Waals surface area (Å²) in [5.41, 5.74) is 1.09. The van der Waals surface area contributed by atoms with Gasteiger partial charge >= 0.3 is 0 Å². The fourth-order valence-electron chi connectivity index (χ4n) is 1.15. The van der Waals surface area contributed by atoms with Crippen LogP contribution in [0.2, 0.25) is 0 Å². The van der Waals surface area contributed by atoms with Crippen molar-refractivity contribution < 1.29 is 14.3 Å². The quantitative estimate of drug-likeness (QED) is 0.775. The van der Waals surface area contributed by atoms with Crippen molar-refractivity contribution in [1.29, 1.82) is 0 Å². The molecule has 0 saturated carbocycles. The number of thioether (sulfide) groups is 1. The fraction of sp³-hybridized carbons (Fsp3) is 0.364. The summed E-state index contributed by atoms with van der Waals surface area (Å²) in [5, 5.41) is 11.0. The first-order chi connectivity index (χ1) is 7.63. The number of aliphatic hydroxyl groups excluding tert-OH is 1. The summed E-state index contributed by atoms with van der Waals surface area (Å²) in [7, 11) is 0. The normalized spacial score (nSPS) is 10.2. The number of aliphatic hydroxyl groups is 1. The third-order valence-electron chi connectivity index (χ3n) is 1.86. The number of hydrogen-bond acceptors (Lipinski definition) is 3. The number of carbonyl (C=O) groups is 1.